The first kappa shape index (κ1) is 25.9. The first-order valence-corrected chi connectivity index (χ1v) is 13.5. The highest BCUT2D eigenvalue weighted by Crippen LogP contribution is 2.42. The Kier molecular flexibility index (Phi) is 7.48. The summed E-state index contributed by atoms with van der Waals surface area (Å²) in [6.45, 7) is 2.82. The highest BCUT2D eigenvalue weighted by atomic mass is 19.1. The van der Waals surface area contributed by atoms with Crippen LogP contribution in [0.2, 0.25) is 0 Å². The summed E-state index contributed by atoms with van der Waals surface area (Å²) in [5.41, 5.74) is 5.17. The number of benzene rings is 3. The van der Waals surface area contributed by atoms with Gasteiger partial charge in [0.1, 0.15) is 5.82 Å². The van der Waals surface area contributed by atoms with E-state index < -0.39 is 0 Å². The number of nitrogens with one attached hydrogen (secondary N) is 1. The van der Waals surface area contributed by atoms with Gasteiger partial charge in [-0.25, -0.2) is 4.39 Å². The Morgan fingerprint density at radius 1 is 1.08 bits per heavy atom. The molecule has 38 heavy (non-hydrogen) atoms. The van der Waals surface area contributed by atoms with Gasteiger partial charge in [-0.05, 0) is 80.7 Å². The van der Waals surface area contributed by atoms with Crippen LogP contribution in [0.1, 0.15) is 54.6 Å². The highest BCUT2D eigenvalue weighted by molar-refractivity contribution is 5.93. The van der Waals surface area contributed by atoms with E-state index in [9.17, 15) is 9.18 Å². The summed E-state index contributed by atoms with van der Waals surface area (Å²) >= 11 is 0. The fraction of sp³-hybridized carbons (Fsp3) is 0.303. The van der Waals surface area contributed by atoms with Crippen LogP contribution < -0.4 is 0 Å². The number of H-pyrrole nitrogens is 1. The molecule has 0 radical (unpaired) electrons. The first-order chi connectivity index (χ1) is 18.4. The normalized spacial score (nSPS) is 17.2. The van der Waals surface area contributed by atoms with E-state index in [1.807, 2.05) is 53.4 Å². The SMILES string of the molecule is CCC(CCC1c2[nH]c3ccccc3c2CCN1C(=O)/C=C/c1ccccc1)(c1cccc(F)c1)N(C)C. The molecule has 1 N–H and O–H groups in total. The molecule has 0 aliphatic carbocycles. The molecule has 2 heterocycles. The molecule has 1 amide bonds. The van der Waals surface area contributed by atoms with Crippen molar-refractivity contribution in [1.82, 2.24) is 14.8 Å². The van der Waals surface area contributed by atoms with Gasteiger partial charge in [0.2, 0.25) is 5.91 Å². The summed E-state index contributed by atoms with van der Waals surface area (Å²) in [5.74, 6) is -0.207. The first-order valence-electron chi connectivity index (χ1n) is 13.5. The molecule has 4 nitrogen and oxygen atoms in total. The summed E-state index contributed by atoms with van der Waals surface area (Å²) < 4.78 is 14.3. The van der Waals surface area contributed by atoms with E-state index >= 15 is 0 Å². The van der Waals surface area contributed by atoms with E-state index in [4.69, 9.17) is 0 Å². The van der Waals surface area contributed by atoms with Crippen molar-refractivity contribution in [3.8, 4) is 0 Å². The largest absolute Gasteiger partial charge is 0.356 e. The fourth-order valence-electron chi connectivity index (χ4n) is 6.19. The summed E-state index contributed by atoms with van der Waals surface area (Å²) in [6.07, 6.45) is 6.78. The van der Waals surface area contributed by atoms with Crippen molar-refractivity contribution in [3.63, 3.8) is 0 Å². The smallest absolute Gasteiger partial charge is 0.247 e. The van der Waals surface area contributed by atoms with Crippen molar-refractivity contribution in [2.45, 2.75) is 44.2 Å². The Bertz CT molecular complexity index is 1440. The van der Waals surface area contributed by atoms with Crippen LogP contribution in [0, 0.1) is 5.82 Å². The monoisotopic (exact) mass is 509 g/mol. The summed E-state index contributed by atoms with van der Waals surface area (Å²) in [4.78, 5) is 21.5. The van der Waals surface area contributed by atoms with Gasteiger partial charge in [0.15, 0.2) is 0 Å². The van der Waals surface area contributed by atoms with Crippen LogP contribution in [-0.2, 0) is 16.8 Å². The van der Waals surface area contributed by atoms with Crippen molar-refractivity contribution in [3.05, 3.63) is 113 Å². The molecule has 1 aromatic heterocycles. The number of hydrogen-bond donors (Lipinski definition) is 1. The van der Waals surface area contributed by atoms with Crippen molar-refractivity contribution in [2.24, 2.45) is 0 Å². The fourth-order valence-corrected chi connectivity index (χ4v) is 6.19. The number of hydrogen-bond acceptors (Lipinski definition) is 2. The van der Waals surface area contributed by atoms with Crippen molar-refractivity contribution < 1.29 is 9.18 Å². The lowest BCUT2D eigenvalue weighted by molar-refractivity contribution is -0.129. The minimum atomic E-state index is -0.347. The Hall–Kier alpha value is -3.70. The van der Waals surface area contributed by atoms with Crippen LogP contribution in [0.4, 0.5) is 4.39 Å². The molecule has 1 aliphatic rings. The molecule has 2 unspecified atom stereocenters. The van der Waals surface area contributed by atoms with Gasteiger partial charge in [0, 0.05) is 34.8 Å². The molecule has 0 saturated carbocycles. The second-order valence-corrected chi connectivity index (χ2v) is 10.4. The zero-order valence-electron chi connectivity index (χ0n) is 22.5. The lowest BCUT2D eigenvalue weighted by Gasteiger charge is -2.43. The average molecular weight is 510 g/mol. The summed E-state index contributed by atoms with van der Waals surface area (Å²) in [7, 11) is 4.13. The van der Waals surface area contributed by atoms with E-state index in [2.05, 4.69) is 49.1 Å². The molecule has 3 aromatic carbocycles. The number of amides is 1. The second kappa shape index (κ2) is 11.0. The molecule has 5 heteroatoms. The number of halogens is 1. The number of rotatable bonds is 8. The molecule has 4 aromatic rings. The van der Waals surface area contributed by atoms with Crippen LogP contribution in [0.5, 0.6) is 0 Å². The molecule has 1 aliphatic heterocycles. The van der Waals surface area contributed by atoms with Gasteiger partial charge in [-0.2, -0.15) is 0 Å². The lowest BCUT2D eigenvalue weighted by atomic mass is 9.79. The van der Waals surface area contributed by atoms with Crippen LogP contribution in [0.3, 0.4) is 0 Å². The topological polar surface area (TPSA) is 39.3 Å². The summed E-state index contributed by atoms with van der Waals surface area (Å²) in [6, 6.07) is 25.2. The minimum Gasteiger partial charge on any atom is -0.356 e. The Labute approximate surface area is 224 Å². The van der Waals surface area contributed by atoms with E-state index in [-0.39, 0.29) is 23.3 Å². The van der Waals surface area contributed by atoms with Gasteiger partial charge in [-0.3, -0.25) is 9.69 Å². The summed E-state index contributed by atoms with van der Waals surface area (Å²) in [5, 5.41) is 1.24. The zero-order chi connectivity index (χ0) is 26.7. The number of aromatic nitrogens is 1. The van der Waals surface area contributed by atoms with E-state index in [1.165, 1.54) is 17.0 Å². The lowest BCUT2D eigenvalue weighted by Crippen LogP contribution is -2.44. The molecule has 0 bridgehead atoms. The van der Waals surface area contributed by atoms with Gasteiger partial charge in [0.05, 0.1) is 6.04 Å². The third kappa shape index (κ3) is 4.91. The maximum atomic E-state index is 14.3. The standard InChI is InChI=1S/C33H36FN3O/c1-4-33(36(2)3,25-13-10-14-26(34)23-25)21-19-30-32-28(27-15-8-9-16-29(27)35-32)20-22-37(30)31(38)18-17-24-11-6-5-7-12-24/h5-18,23,30,35H,4,19-22H2,1-3H3/b18-17+. The van der Waals surface area contributed by atoms with Crippen molar-refractivity contribution in [1.29, 1.82) is 0 Å². The van der Waals surface area contributed by atoms with Crippen molar-refractivity contribution in [2.75, 3.05) is 20.6 Å². The quantitative estimate of drug-likeness (QED) is 0.258. The van der Waals surface area contributed by atoms with Gasteiger partial charge in [0.25, 0.3) is 0 Å². The van der Waals surface area contributed by atoms with Crippen LogP contribution in [-0.4, -0.2) is 41.3 Å². The Morgan fingerprint density at radius 3 is 2.58 bits per heavy atom. The van der Waals surface area contributed by atoms with Crippen LogP contribution >= 0.6 is 0 Å². The van der Waals surface area contributed by atoms with Gasteiger partial charge < -0.3 is 9.88 Å². The van der Waals surface area contributed by atoms with Gasteiger partial charge in [-0.1, -0.05) is 67.6 Å². The average Bonchev–Trinajstić information content (AvgIpc) is 3.32. The van der Waals surface area contributed by atoms with E-state index in [0.29, 0.717) is 6.54 Å². The van der Waals surface area contributed by atoms with Gasteiger partial charge >= 0.3 is 0 Å². The number of aromatic amines is 1. The molecule has 2 atom stereocenters. The Morgan fingerprint density at radius 2 is 1.84 bits per heavy atom. The van der Waals surface area contributed by atoms with Crippen LogP contribution in [0.15, 0.2) is 84.9 Å². The zero-order valence-corrected chi connectivity index (χ0v) is 22.5. The second-order valence-electron chi connectivity index (χ2n) is 10.4. The molecular formula is C33H36FN3O. The number of nitrogens with zero attached hydrogens (tertiary/aromatic N) is 2. The number of para-hydroxylation sites is 1. The maximum absolute atomic E-state index is 14.3. The molecular weight excluding hydrogens is 473 g/mol. The third-order valence-electron chi connectivity index (χ3n) is 8.29. The molecule has 0 saturated heterocycles. The molecule has 0 fully saturated rings. The maximum Gasteiger partial charge on any atom is 0.247 e. The number of fused-ring (bicyclic) bond motifs is 3. The molecule has 5 rings (SSSR count). The molecule has 196 valence electrons. The Balaban J connectivity index is 1.51. The van der Waals surface area contributed by atoms with Gasteiger partial charge in [-0.15, -0.1) is 0 Å². The molecule has 0 spiro atoms. The number of carbonyl (C=O) groups is 1. The highest BCUT2D eigenvalue weighted by Gasteiger charge is 2.38. The predicted molar refractivity (Wildman–Crippen MR) is 153 cm³/mol. The van der Waals surface area contributed by atoms with E-state index in [1.54, 1.807) is 18.2 Å². The third-order valence-corrected chi connectivity index (χ3v) is 8.29. The minimum absolute atomic E-state index is 0.0147. The number of carbonyl (C=O) groups excluding carboxylic acids is 1. The van der Waals surface area contributed by atoms with Crippen LogP contribution in [0.25, 0.3) is 17.0 Å². The van der Waals surface area contributed by atoms with Crippen molar-refractivity contribution >= 4 is 22.9 Å². The van der Waals surface area contributed by atoms with E-state index in [0.717, 1.165) is 48.0 Å². The predicted octanol–water partition coefficient (Wildman–Crippen LogP) is 7.09.